The second-order valence-electron chi connectivity index (χ2n) is 8.08. The van der Waals surface area contributed by atoms with Crippen molar-refractivity contribution in [1.29, 1.82) is 0 Å². The number of amides is 1. The summed E-state index contributed by atoms with van der Waals surface area (Å²) in [4.78, 5) is 24.5. The lowest BCUT2D eigenvalue weighted by molar-refractivity contribution is 0.0705. The minimum Gasteiger partial charge on any atom is -0.338 e. The maximum Gasteiger partial charge on any atom is 0.254 e. The number of piperidine rings is 1. The molecule has 0 spiro atoms. The van der Waals surface area contributed by atoms with Crippen molar-refractivity contribution in [1.82, 2.24) is 14.9 Å². The van der Waals surface area contributed by atoms with E-state index in [0.717, 1.165) is 53.2 Å². The first-order chi connectivity index (χ1) is 14.0. The van der Waals surface area contributed by atoms with E-state index >= 15 is 0 Å². The SMILES string of the molecule is Cc1ccc(-c2nccc([C@H]3CCCN(C(=O)c4cc(C)ccc4C)C3)n2)cc1. The second-order valence-corrected chi connectivity index (χ2v) is 8.08. The molecule has 29 heavy (non-hydrogen) atoms. The van der Waals surface area contributed by atoms with Gasteiger partial charge in [-0.25, -0.2) is 9.97 Å². The van der Waals surface area contributed by atoms with Crippen LogP contribution < -0.4 is 0 Å². The van der Waals surface area contributed by atoms with Gasteiger partial charge in [0.1, 0.15) is 0 Å². The molecule has 1 aromatic heterocycles. The molecule has 1 fully saturated rings. The van der Waals surface area contributed by atoms with Crippen molar-refractivity contribution in [2.45, 2.75) is 39.5 Å². The van der Waals surface area contributed by atoms with Gasteiger partial charge in [0.2, 0.25) is 0 Å². The number of nitrogens with zero attached hydrogens (tertiary/aromatic N) is 3. The summed E-state index contributed by atoms with van der Waals surface area (Å²) >= 11 is 0. The van der Waals surface area contributed by atoms with Crippen molar-refractivity contribution in [2.24, 2.45) is 0 Å². The zero-order valence-corrected chi connectivity index (χ0v) is 17.4. The first-order valence-corrected chi connectivity index (χ1v) is 10.3. The first-order valence-electron chi connectivity index (χ1n) is 10.3. The van der Waals surface area contributed by atoms with Gasteiger partial charge in [0.25, 0.3) is 5.91 Å². The summed E-state index contributed by atoms with van der Waals surface area (Å²) in [6, 6.07) is 16.4. The van der Waals surface area contributed by atoms with Gasteiger partial charge in [0.15, 0.2) is 5.82 Å². The lowest BCUT2D eigenvalue weighted by Gasteiger charge is -2.33. The van der Waals surface area contributed by atoms with Crippen LogP contribution in [-0.2, 0) is 0 Å². The topological polar surface area (TPSA) is 46.1 Å². The van der Waals surface area contributed by atoms with Crippen LogP contribution in [0.2, 0.25) is 0 Å². The molecular formula is C25H27N3O. The summed E-state index contributed by atoms with van der Waals surface area (Å²) in [5.41, 5.74) is 6.23. The zero-order chi connectivity index (χ0) is 20.4. The molecule has 1 aliphatic rings. The minimum atomic E-state index is 0.128. The second kappa shape index (κ2) is 8.16. The lowest BCUT2D eigenvalue weighted by atomic mass is 9.93. The molecule has 1 aliphatic heterocycles. The number of carbonyl (C=O) groups is 1. The fraction of sp³-hybridized carbons (Fsp3) is 0.320. The van der Waals surface area contributed by atoms with Crippen LogP contribution in [0.1, 0.15) is 51.5 Å². The zero-order valence-electron chi connectivity index (χ0n) is 17.4. The highest BCUT2D eigenvalue weighted by Crippen LogP contribution is 2.28. The third-order valence-electron chi connectivity index (χ3n) is 5.74. The molecule has 1 amide bonds. The number of rotatable bonds is 3. The molecule has 0 bridgehead atoms. The molecule has 1 saturated heterocycles. The molecular weight excluding hydrogens is 358 g/mol. The van der Waals surface area contributed by atoms with Gasteiger partial charge in [0.05, 0.1) is 0 Å². The predicted octanol–water partition coefficient (Wildman–Crippen LogP) is 5.09. The van der Waals surface area contributed by atoms with E-state index in [0.29, 0.717) is 6.54 Å². The minimum absolute atomic E-state index is 0.128. The van der Waals surface area contributed by atoms with E-state index in [1.54, 1.807) is 0 Å². The molecule has 4 rings (SSSR count). The fourth-order valence-corrected chi connectivity index (χ4v) is 3.98. The summed E-state index contributed by atoms with van der Waals surface area (Å²) in [5.74, 6) is 1.12. The normalized spacial score (nSPS) is 16.7. The Balaban J connectivity index is 1.55. The Labute approximate surface area is 172 Å². The van der Waals surface area contributed by atoms with Gasteiger partial charge in [-0.3, -0.25) is 4.79 Å². The average Bonchev–Trinajstić information content (AvgIpc) is 2.75. The van der Waals surface area contributed by atoms with Crippen molar-refractivity contribution >= 4 is 5.91 Å². The Morgan fingerprint density at radius 3 is 2.55 bits per heavy atom. The number of aryl methyl sites for hydroxylation is 3. The molecule has 3 aromatic rings. The molecule has 0 N–H and O–H groups in total. The summed E-state index contributed by atoms with van der Waals surface area (Å²) in [7, 11) is 0. The van der Waals surface area contributed by atoms with Crippen molar-refractivity contribution < 1.29 is 4.79 Å². The molecule has 0 radical (unpaired) electrons. The van der Waals surface area contributed by atoms with Crippen LogP contribution in [0.15, 0.2) is 54.7 Å². The van der Waals surface area contributed by atoms with Crippen molar-refractivity contribution in [2.75, 3.05) is 13.1 Å². The number of carbonyl (C=O) groups excluding carboxylic acids is 1. The van der Waals surface area contributed by atoms with Gasteiger partial charge in [-0.2, -0.15) is 0 Å². The fourth-order valence-electron chi connectivity index (χ4n) is 3.98. The van der Waals surface area contributed by atoms with Crippen LogP contribution in [-0.4, -0.2) is 33.9 Å². The van der Waals surface area contributed by atoms with E-state index in [2.05, 4.69) is 42.2 Å². The monoisotopic (exact) mass is 385 g/mol. The Bertz CT molecular complexity index is 1030. The van der Waals surface area contributed by atoms with E-state index in [-0.39, 0.29) is 11.8 Å². The maximum absolute atomic E-state index is 13.2. The third-order valence-corrected chi connectivity index (χ3v) is 5.74. The molecule has 2 heterocycles. The van der Waals surface area contributed by atoms with Gasteiger partial charge in [-0.05, 0) is 51.3 Å². The lowest BCUT2D eigenvalue weighted by Crippen LogP contribution is -2.39. The van der Waals surface area contributed by atoms with E-state index in [1.165, 1.54) is 5.56 Å². The molecule has 2 aromatic carbocycles. The van der Waals surface area contributed by atoms with Crippen LogP contribution in [0.25, 0.3) is 11.4 Å². The average molecular weight is 386 g/mol. The van der Waals surface area contributed by atoms with Crippen molar-refractivity contribution in [3.8, 4) is 11.4 Å². The summed E-state index contributed by atoms with van der Waals surface area (Å²) < 4.78 is 0. The van der Waals surface area contributed by atoms with Crippen LogP contribution in [0.5, 0.6) is 0 Å². The highest BCUT2D eigenvalue weighted by molar-refractivity contribution is 5.96. The molecule has 0 aliphatic carbocycles. The van der Waals surface area contributed by atoms with Gasteiger partial charge >= 0.3 is 0 Å². The molecule has 148 valence electrons. The summed E-state index contributed by atoms with van der Waals surface area (Å²) in [6.45, 7) is 7.62. The standard InChI is InChI=1S/C25H27N3O/c1-17-7-10-20(11-8-17)24-26-13-12-23(27-24)21-5-4-14-28(16-21)25(29)22-15-18(2)6-9-19(22)3/h6-13,15,21H,4-5,14,16H2,1-3H3/t21-/m0/s1. The summed E-state index contributed by atoms with van der Waals surface area (Å²) in [6.07, 6.45) is 3.87. The molecule has 4 nitrogen and oxygen atoms in total. The number of hydrogen-bond acceptors (Lipinski definition) is 3. The Hall–Kier alpha value is -3.01. The number of benzene rings is 2. The Morgan fingerprint density at radius 2 is 1.76 bits per heavy atom. The molecule has 0 unspecified atom stereocenters. The highest BCUT2D eigenvalue weighted by atomic mass is 16.2. The maximum atomic E-state index is 13.2. The van der Waals surface area contributed by atoms with E-state index < -0.39 is 0 Å². The number of aromatic nitrogens is 2. The van der Waals surface area contributed by atoms with Gasteiger partial charge in [-0.1, -0.05) is 47.5 Å². The van der Waals surface area contributed by atoms with Gasteiger partial charge in [0, 0.05) is 42.0 Å². The Kier molecular flexibility index (Phi) is 5.43. The van der Waals surface area contributed by atoms with Crippen molar-refractivity contribution in [3.05, 3.63) is 82.7 Å². The van der Waals surface area contributed by atoms with Gasteiger partial charge in [-0.15, -0.1) is 0 Å². The number of hydrogen-bond donors (Lipinski definition) is 0. The third kappa shape index (κ3) is 4.21. The van der Waals surface area contributed by atoms with E-state index in [4.69, 9.17) is 4.98 Å². The van der Waals surface area contributed by atoms with Crippen molar-refractivity contribution in [3.63, 3.8) is 0 Å². The van der Waals surface area contributed by atoms with Gasteiger partial charge < -0.3 is 4.90 Å². The quantitative estimate of drug-likeness (QED) is 0.631. The largest absolute Gasteiger partial charge is 0.338 e. The molecule has 4 heteroatoms. The first kappa shape index (κ1) is 19.3. The number of likely N-dealkylation sites (tertiary alicyclic amines) is 1. The Morgan fingerprint density at radius 1 is 1.00 bits per heavy atom. The predicted molar refractivity (Wildman–Crippen MR) is 116 cm³/mol. The molecule has 1 atom stereocenters. The van der Waals surface area contributed by atoms with Crippen LogP contribution in [0.3, 0.4) is 0 Å². The van der Waals surface area contributed by atoms with Crippen LogP contribution >= 0.6 is 0 Å². The van der Waals surface area contributed by atoms with E-state index in [9.17, 15) is 4.79 Å². The van der Waals surface area contributed by atoms with Crippen LogP contribution in [0, 0.1) is 20.8 Å². The summed E-state index contributed by atoms with van der Waals surface area (Å²) in [5, 5.41) is 0. The molecule has 0 saturated carbocycles. The van der Waals surface area contributed by atoms with Crippen LogP contribution in [0.4, 0.5) is 0 Å². The highest BCUT2D eigenvalue weighted by Gasteiger charge is 2.27. The smallest absolute Gasteiger partial charge is 0.254 e. The van der Waals surface area contributed by atoms with E-state index in [1.807, 2.05) is 43.1 Å².